The number of hydrogen-bond donors (Lipinski definition) is 2. The summed E-state index contributed by atoms with van der Waals surface area (Å²) in [6.07, 6.45) is -4.55. The van der Waals surface area contributed by atoms with E-state index >= 15 is 0 Å². The fourth-order valence-corrected chi connectivity index (χ4v) is 4.34. The number of anilines is 2. The fourth-order valence-electron chi connectivity index (χ4n) is 3.98. The Morgan fingerprint density at radius 1 is 1.03 bits per heavy atom. The average Bonchev–Trinajstić information content (AvgIpc) is 3.29. The largest absolute Gasteiger partial charge is 0.484 e. The van der Waals surface area contributed by atoms with E-state index in [1.54, 1.807) is 24.3 Å². The second-order valence-corrected chi connectivity index (χ2v) is 9.54. The lowest BCUT2D eigenvalue weighted by atomic mass is 10.1. The first-order valence-corrected chi connectivity index (χ1v) is 12.4. The molecule has 0 aliphatic carbocycles. The highest BCUT2D eigenvalue weighted by atomic mass is 79.9. The Balaban J connectivity index is 1.29. The van der Waals surface area contributed by atoms with Crippen molar-refractivity contribution in [2.45, 2.75) is 19.1 Å². The van der Waals surface area contributed by atoms with Crippen LogP contribution in [0.25, 0.3) is 0 Å². The quantitative estimate of drug-likeness (QED) is 0.380. The van der Waals surface area contributed by atoms with E-state index in [0.717, 1.165) is 17.7 Å². The lowest BCUT2D eigenvalue weighted by Gasteiger charge is -2.17. The van der Waals surface area contributed by atoms with Crippen molar-refractivity contribution in [2.24, 2.45) is 5.92 Å². The third-order valence-corrected chi connectivity index (χ3v) is 6.38. The molecule has 1 aliphatic heterocycles. The standard InChI is InChI=1S/C27H23BrF3N3O4/c28-19-6-11-23(22(13-19)27(29,30)31)33-24(35)16-38-21-9-7-20(8-10-21)34-15-18(12-25(34)36)26(37)32-14-17-4-2-1-3-5-17/h1-11,13,18H,12,14-16H2,(H,32,37)(H,33,35)/t18-/m0/s1. The smallest absolute Gasteiger partial charge is 0.418 e. The van der Waals surface area contributed by atoms with Gasteiger partial charge in [0.1, 0.15) is 5.75 Å². The maximum absolute atomic E-state index is 13.2. The Hall–Kier alpha value is -3.86. The molecule has 0 bridgehead atoms. The molecule has 0 saturated carbocycles. The van der Waals surface area contributed by atoms with Gasteiger partial charge in [-0.25, -0.2) is 0 Å². The van der Waals surface area contributed by atoms with E-state index in [2.05, 4.69) is 26.6 Å². The molecule has 7 nitrogen and oxygen atoms in total. The summed E-state index contributed by atoms with van der Waals surface area (Å²) < 4.78 is 45.4. The molecule has 0 spiro atoms. The van der Waals surface area contributed by atoms with Crippen molar-refractivity contribution in [1.29, 1.82) is 0 Å². The molecule has 1 saturated heterocycles. The second kappa shape index (κ2) is 11.7. The molecule has 4 rings (SSSR count). The van der Waals surface area contributed by atoms with E-state index in [1.807, 2.05) is 30.3 Å². The summed E-state index contributed by atoms with van der Waals surface area (Å²) in [4.78, 5) is 38.8. The highest BCUT2D eigenvalue weighted by Crippen LogP contribution is 2.36. The zero-order valence-corrected chi connectivity index (χ0v) is 21.5. The minimum atomic E-state index is -4.64. The van der Waals surface area contributed by atoms with Gasteiger partial charge in [0, 0.05) is 29.7 Å². The van der Waals surface area contributed by atoms with Gasteiger partial charge in [-0.1, -0.05) is 46.3 Å². The van der Waals surface area contributed by atoms with Gasteiger partial charge >= 0.3 is 6.18 Å². The van der Waals surface area contributed by atoms with Gasteiger partial charge in [-0.3, -0.25) is 14.4 Å². The van der Waals surface area contributed by atoms with E-state index in [4.69, 9.17) is 4.74 Å². The van der Waals surface area contributed by atoms with Crippen LogP contribution in [0.3, 0.4) is 0 Å². The van der Waals surface area contributed by atoms with E-state index < -0.39 is 30.2 Å². The first kappa shape index (κ1) is 27.2. The van der Waals surface area contributed by atoms with Crippen molar-refractivity contribution in [2.75, 3.05) is 23.4 Å². The van der Waals surface area contributed by atoms with E-state index in [0.29, 0.717) is 18.0 Å². The molecule has 1 fully saturated rings. The van der Waals surface area contributed by atoms with Crippen LogP contribution >= 0.6 is 15.9 Å². The first-order chi connectivity index (χ1) is 18.1. The molecule has 0 unspecified atom stereocenters. The SMILES string of the molecule is O=C(COc1ccc(N2C[C@@H](C(=O)NCc3ccccc3)CC2=O)cc1)Nc1ccc(Br)cc1C(F)(F)F. The Labute approximate surface area is 225 Å². The summed E-state index contributed by atoms with van der Waals surface area (Å²) in [5.41, 5.74) is 0.172. The maximum Gasteiger partial charge on any atom is 0.418 e. The molecule has 11 heteroatoms. The van der Waals surface area contributed by atoms with E-state index in [1.165, 1.54) is 11.0 Å². The number of amides is 3. The number of carbonyl (C=O) groups excluding carboxylic acids is 3. The van der Waals surface area contributed by atoms with Crippen LogP contribution in [0.4, 0.5) is 24.5 Å². The van der Waals surface area contributed by atoms with Gasteiger partial charge in [0.05, 0.1) is 17.2 Å². The van der Waals surface area contributed by atoms with Gasteiger partial charge in [-0.05, 0) is 48.0 Å². The van der Waals surface area contributed by atoms with Gasteiger partial charge in [-0.2, -0.15) is 13.2 Å². The van der Waals surface area contributed by atoms with Gasteiger partial charge in [0.2, 0.25) is 11.8 Å². The van der Waals surface area contributed by atoms with Crippen LogP contribution < -0.4 is 20.3 Å². The third kappa shape index (κ3) is 6.91. The van der Waals surface area contributed by atoms with Crippen molar-refractivity contribution in [3.63, 3.8) is 0 Å². The van der Waals surface area contributed by atoms with Crippen LogP contribution in [0.1, 0.15) is 17.5 Å². The van der Waals surface area contributed by atoms with Gasteiger partial charge in [0.15, 0.2) is 6.61 Å². The molecule has 0 radical (unpaired) electrons. The Morgan fingerprint density at radius 2 is 1.74 bits per heavy atom. The van der Waals surface area contributed by atoms with Crippen LogP contribution in [0.15, 0.2) is 77.3 Å². The second-order valence-electron chi connectivity index (χ2n) is 8.63. The Kier molecular flexibility index (Phi) is 8.35. The van der Waals surface area contributed by atoms with Gasteiger partial charge in [0.25, 0.3) is 5.91 Å². The van der Waals surface area contributed by atoms with Gasteiger partial charge in [-0.15, -0.1) is 0 Å². The number of nitrogens with zero attached hydrogens (tertiary/aromatic N) is 1. The van der Waals surface area contributed by atoms with Crippen LogP contribution in [0, 0.1) is 5.92 Å². The summed E-state index contributed by atoms with van der Waals surface area (Å²) in [7, 11) is 0. The number of hydrogen-bond acceptors (Lipinski definition) is 4. The van der Waals surface area contributed by atoms with Crippen molar-refractivity contribution in [1.82, 2.24) is 5.32 Å². The first-order valence-electron chi connectivity index (χ1n) is 11.6. The molecular formula is C27H23BrF3N3O4. The predicted octanol–water partition coefficient (Wildman–Crippen LogP) is 5.15. The van der Waals surface area contributed by atoms with Crippen LogP contribution in [-0.4, -0.2) is 30.9 Å². The molecule has 198 valence electrons. The Bertz CT molecular complexity index is 1320. The summed E-state index contributed by atoms with van der Waals surface area (Å²) in [6.45, 7) is 0.0964. The zero-order valence-electron chi connectivity index (χ0n) is 19.9. The van der Waals surface area contributed by atoms with E-state index in [-0.39, 0.29) is 34.9 Å². The van der Waals surface area contributed by atoms with Crippen LogP contribution in [0.2, 0.25) is 0 Å². The maximum atomic E-state index is 13.2. The number of halogens is 4. The summed E-state index contributed by atoms with van der Waals surface area (Å²) in [5.74, 6) is -1.34. The molecule has 1 atom stereocenters. The fraction of sp³-hybridized carbons (Fsp3) is 0.222. The minimum Gasteiger partial charge on any atom is -0.484 e. The van der Waals surface area contributed by atoms with Crippen molar-refractivity contribution in [3.8, 4) is 5.75 Å². The lowest BCUT2D eigenvalue weighted by molar-refractivity contribution is -0.137. The van der Waals surface area contributed by atoms with Crippen LogP contribution in [0.5, 0.6) is 5.75 Å². The molecule has 0 aromatic heterocycles. The molecule has 2 N–H and O–H groups in total. The lowest BCUT2D eigenvalue weighted by Crippen LogP contribution is -2.32. The summed E-state index contributed by atoms with van der Waals surface area (Å²) >= 11 is 2.99. The number of alkyl halides is 3. The zero-order chi connectivity index (χ0) is 27.3. The molecule has 3 aromatic rings. The molecule has 3 aromatic carbocycles. The predicted molar refractivity (Wildman–Crippen MR) is 138 cm³/mol. The molecule has 1 heterocycles. The number of benzene rings is 3. The normalized spacial score (nSPS) is 15.3. The number of rotatable bonds is 8. The third-order valence-electron chi connectivity index (χ3n) is 5.88. The minimum absolute atomic E-state index is 0.0923. The van der Waals surface area contributed by atoms with Gasteiger partial charge < -0.3 is 20.3 Å². The average molecular weight is 590 g/mol. The van der Waals surface area contributed by atoms with Crippen LogP contribution in [-0.2, 0) is 27.1 Å². The topological polar surface area (TPSA) is 87.7 Å². The van der Waals surface area contributed by atoms with Crippen molar-refractivity contribution in [3.05, 3.63) is 88.4 Å². The van der Waals surface area contributed by atoms with Crippen molar-refractivity contribution < 1.29 is 32.3 Å². The highest BCUT2D eigenvalue weighted by Gasteiger charge is 2.35. The monoisotopic (exact) mass is 589 g/mol. The Morgan fingerprint density at radius 3 is 2.42 bits per heavy atom. The van der Waals surface area contributed by atoms with Crippen molar-refractivity contribution >= 4 is 45.0 Å². The summed E-state index contributed by atoms with van der Waals surface area (Å²) in [6, 6.07) is 19.2. The molecule has 38 heavy (non-hydrogen) atoms. The van der Waals surface area contributed by atoms with E-state index in [9.17, 15) is 27.6 Å². The molecule has 1 aliphatic rings. The number of carbonyl (C=O) groups is 3. The summed E-state index contributed by atoms with van der Waals surface area (Å²) in [5, 5.41) is 5.08. The number of ether oxygens (including phenoxy) is 1. The molecular weight excluding hydrogens is 567 g/mol. The number of nitrogens with one attached hydrogen (secondary N) is 2. The molecule has 3 amide bonds. The highest BCUT2D eigenvalue weighted by molar-refractivity contribution is 9.10.